The average Bonchev–Trinajstić information content (AvgIpc) is 3.17. The van der Waals surface area contributed by atoms with E-state index in [1.54, 1.807) is 18.2 Å². The highest BCUT2D eigenvalue weighted by molar-refractivity contribution is 5.91. The van der Waals surface area contributed by atoms with Gasteiger partial charge >= 0.3 is 0 Å². The zero-order valence-electron chi connectivity index (χ0n) is 15.4. The molecule has 1 unspecified atom stereocenters. The number of carbonyl (C=O) groups is 1. The molecule has 1 aliphatic heterocycles. The Kier molecular flexibility index (Phi) is 6.34. The molecule has 0 spiro atoms. The molecule has 5 heteroatoms. The summed E-state index contributed by atoms with van der Waals surface area (Å²) in [4.78, 5) is 14.7. The van der Waals surface area contributed by atoms with E-state index in [0.717, 1.165) is 37.3 Å². The largest absolute Gasteiger partial charge is 0.508 e. The van der Waals surface area contributed by atoms with Crippen LogP contribution in [0.2, 0.25) is 0 Å². The number of likely N-dealkylation sites (tertiary alicyclic amines) is 1. The second-order valence-corrected chi connectivity index (χ2v) is 7.00. The van der Waals surface area contributed by atoms with E-state index >= 15 is 0 Å². The highest BCUT2D eigenvalue weighted by Gasteiger charge is 2.22. The maximum Gasteiger partial charge on any atom is 0.286 e. The third-order valence-corrected chi connectivity index (χ3v) is 5.06. The van der Waals surface area contributed by atoms with Crippen molar-refractivity contribution < 1.29 is 14.3 Å². The van der Waals surface area contributed by atoms with E-state index in [0.29, 0.717) is 12.3 Å². The Morgan fingerprint density at radius 3 is 2.62 bits per heavy atom. The molecule has 2 aromatic rings. The molecule has 1 aromatic carbocycles. The van der Waals surface area contributed by atoms with Gasteiger partial charge in [0.05, 0.1) is 6.04 Å². The number of phenols is 1. The average molecular weight is 356 g/mol. The molecular formula is C21H28N2O3. The van der Waals surface area contributed by atoms with Crippen molar-refractivity contribution >= 4 is 5.91 Å². The summed E-state index contributed by atoms with van der Waals surface area (Å²) in [5, 5.41) is 12.2. The number of nitrogens with zero attached hydrogens (tertiary/aromatic N) is 1. The summed E-state index contributed by atoms with van der Waals surface area (Å²) in [6.07, 6.45) is 5.47. The molecule has 26 heavy (non-hydrogen) atoms. The van der Waals surface area contributed by atoms with Crippen LogP contribution in [0.1, 0.15) is 60.5 Å². The molecule has 1 atom stereocenters. The van der Waals surface area contributed by atoms with Gasteiger partial charge in [-0.05, 0) is 75.5 Å². The number of benzene rings is 1. The monoisotopic (exact) mass is 356 g/mol. The van der Waals surface area contributed by atoms with Crippen LogP contribution in [0.15, 0.2) is 40.8 Å². The van der Waals surface area contributed by atoms with Crippen molar-refractivity contribution in [2.24, 2.45) is 0 Å². The Morgan fingerprint density at radius 2 is 1.88 bits per heavy atom. The SMILES string of the molecule is CC(c1ccc(C(=O)NCCCc2ccc(O)cc2)o1)N1CCCCC1. The summed E-state index contributed by atoms with van der Waals surface area (Å²) in [6, 6.07) is 11.1. The van der Waals surface area contributed by atoms with Gasteiger partial charge in [-0.25, -0.2) is 0 Å². The number of hydrogen-bond donors (Lipinski definition) is 2. The molecule has 2 heterocycles. The normalized spacial score (nSPS) is 16.3. The number of amides is 1. The number of furan rings is 1. The van der Waals surface area contributed by atoms with Gasteiger partial charge in [-0.2, -0.15) is 0 Å². The van der Waals surface area contributed by atoms with Crippen LogP contribution in [0.25, 0.3) is 0 Å². The van der Waals surface area contributed by atoms with Gasteiger partial charge in [0, 0.05) is 6.54 Å². The van der Waals surface area contributed by atoms with Crippen LogP contribution in [-0.2, 0) is 6.42 Å². The number of piperidine rings is 1. The summed E-state index contributed by atoms with van der Waals surface area (Å²) in [5.74, 6) is 1.36. The summed E-state index contributed by atoms with van der Waals surface area (Å²) >= 11 is 0. The number of rotatable bonds is 7. The summed E-state index contributed by atoms with van der Waals surface area (Å²) in [5.41, 5.74) is 1.15. The first-order chi connectivity index (χ1) is 12.6. The number of hydrogen-bond acceptors (Lipinski definition) is 4. The van der Waals surface area contributed by atoms with Crippen LogP contribution in [0.4, 0.5) is 0 Å². The Bertz CT molecular complexity index is 702. The van der Waals surface area contributed by atoms with Crippen molar-refractivity contribution in [2.75, 3.05) is 19.6 Å². The zero-order chi connectivity index (χ0) is 18.4. The Hall–Kier alpha value is -2.27. The Labute approximate surface area is 155 Å². The fourth-order valence-electron chi connectivity index (χ4n) is 3.43. The topological polar surface area (TPSA) is 65.7 Å². The molecule has 0 radical (unpaired) electrons. The molecule has 1 amide bonds. The van der Waals surface area contributed by atoms with Gasteiger partial charge in [-0.1, -0.05) is 18.6 Å². The lowest BCUT2D eigenvalue weighted by Gasteiger charge is -2.31. The lowest BCUT2D eigenvalue weighted by Crippen LogP contribution is -2.32. The molecule has 1 aliphatic rings. The second-order valence-electron chi connectivity index (χ2n) is 7.00. The van der Waals surface area contributed by atoms with Crippen molar-refractivity contribution in [3.05, 3.63) is 53.5 Å². The van der Waals surface area contributed by atoms with Crippen LogP contribution in [-0.4, -0.2) is 35.5 Å². The lowest BCUT2D eigenvalue weighted by atomic mass is 10.1. The molecule has 5 nitrogen and oxygen atoms in total. The van der Waals surface area contributed by atoms with E-state index in [1.165, 1.54) is 19.3 Å². The van der Waals surface area contributed by atoms with Crippen LogP contribution in [0.3, 0.4) is 0 Å². The predicted octanol–water partition coefficient (Wildman–Crippen LogP) is 3.89. The minimum Gasteiger partial charge on any atom is -0.508 e. The van der Waals surface area contributed by atoms with Crippen molar-refractivity contribution in [2.45, 2.75) is 45.1 Å². The number of phenolic OH excluding ortho intramolecular Hbond substituents is 1. The molecule has 1 saturated heterocycles. The first-order valence-corrected chi connectivity index (χ1v) is 9.53. The summed E-state index contributed by atoms with van der Waals surface area (Å²) < 4.78 is 5.81. The highest BCUT2D eigenvalue weighted by atomic mass is 16.4. The van der Waals surface area contributed by atoms with Gasteiger partial charge in [0.25, 0.3) is 5.91 Å². The van der Waals surface area contributed by atoms with Crippen LogP contribution >= 0.6 is 0 Å². The van der Waals surface area contributed by atoms with Crippen molar-refractivity contribution in [1.82, 2.24) is 10.2 Å². The van der Waals surface area contributed by atoms with Gasteiger partial charge in [-0.3, -0.25) is 9.69 Å². The standard InChI is InChI=1S/C21H28N2O3/c1-16(23-14-3-2-4-15-23)19-11-12-20(26-19)21(25)22-13-5-6-17-7-9-18(24)10-8-17/h7-12,16,24H,2-6,13-15H2,1H3,(H,22,25). The van der Waals surface area contributed by atoms with E-state index in [1.807, 2.05) is 18.2 Å². The zero-order valence-corrected chi connectivity index (χ0v) is 15.4. The molecule has 0 aliphatic carbocycles. The second kappa shape index (κ2) is 8.90. The molecule has 2 N–H and O–H groups in total. The fourth-order valence-corrected chi connectivity index (χ4v) is 3.43. The molecule has 0 bridgehead atoms. The van der Waals surface area contributed by atoms with Gasteiger partial charge < -0.3 is 14.8 Å². The number of carbonyl (C=O) groups excluding carboxylic acids is 1. The van der Waals surface area contributed by atoms with Crippen molar-refractivity contribution in [3.8, 4) is 5.75 Å². The highest BCUT2D eigenvalue weighted by Crippen LogP contribution is 2.25. The molecule has 140 valence electrons. The van der Waals surface area contributed by atoms with E-state index < -0.39 is 0 Å². The maximum absolute atomic E-state index is 12.3. The van der Waals surface area contributed by atoms with Gasteiger partial charge in [0.1, 0.15) is 11.5 Å². The molecule has 0 saturated carbocycles. The van der Waals surface area contributed by atoms with Gasteiger partial charge in [-0.15, -0.1) is 0 Å². The third-order valence-electron chi connectivity index (χ3n) is 5.06. The van der Waals surface area contributed by atoms with E-state index in [-0.39, 0.29) is 17.7 Å². The number of nitrogens with one attached hydrogen (secondary N) is 1. The van der Waals surface area contributed by atoms with Gasteiger partial charge in [0.2, 0.25) is 0 Å². The smallest absolute Gasteiger partial charge is 0.286 e. The maximum atomic E-state index is 12.3. The third kappa shape index (κ3) is 4.88. The van der Waals surface area contributed by atoms with Crippen molar-refractivity contribution in [1.29, 1.82) is 0 Å². The van der Waals surface area contributed by atoms with Gasteiger partial charge in [0.15, 0.2) is 5.76 Å². The summed E-state index contributed by atoms with van der Waals surface area (Å²) in [7, 11) is 0. The Balaban J connectivity index is 1.44. The molecule has 1 aromatic heterocycles. The van der Waals surface area contributed by atoms with E-state index in [4.69, 9.17) is 4.42 Å². The van der Waals surface area contributed by atoms with Crippen molar-refractivity contribution in [3.63, 3.8) is 0 Å². The van der Waals surface area contributed by atoms with Crippen LogP contribution in [0, 0.1) is 0 Å². The van der Waals surface area contributed by atoms with Crippen LogP contribution in [0.5, 0.6) is 5.75 Å². The number of aryl methyl sites for hydroxylation is 1. The van der Waals surface area contributed by atoms with Crippen LogP contribution < -0.4 is 5.32 Å². The fraction of sp³-hybridized carbons (Fsp3) is 0.476. The first kappa shape index (κ1) is 18.5. The predicted molar refractivity (Wildman–Crippen MR) is 101 cm³/mol. The quantitative estimate of drug-likeness (QED) is 0.739. The first-order valence-electron chi connectivity index (χ1n) is 9.53. The summed E-state index contributed by atoms with van der Waals surface area (Å²) in [6.45, 7) is 4.93. The minimum absolute atomic E-state index is 0.159. The minimum atomic E-state index is -0.159. The lowest BCUT2D eigenvalue weighted by molar-refractivity contribution is 0.0916. The molecule has 1 fully saturated rings. The molecule has 3 rings (SSSR count). The molecular weight excluding hydrogens is 328 g/mol. The number of aromatic hydroxyl groups is 1. The van der Waals surface area contributed by atoms with E-state index in [9.17, 15) is 9.90 Å². The Morgan fingerprint density at radius 1 is 1.15 bits per heavy atom. The van der Waals surface area contributed by atoms with E-state index in [2.05, 4.69) is 17.1 Å².